The predicted octanol–water partition coefficient (Wildman–Crippen LogP) is 2.42. The van der Waals surface area contributed by atoms with Gasteiger partial charge in [0.2, 0.25) is 6.41 Å². The van der Waals surface area contributed by atoms with E-state index in [2.05, 4.69) is 14.8 Å². The van der Waals surface area contributed by atoms with Gasteiger partial charge in [0.25, 0.3) is 25.9 Å². The molecule has 0 saturated heterocycles. The lowest BCUT2D eigenvalue weighted by Crippen LogP contribution is -2.23. The third-order valence-electron chi connectivity index (χ3n) is 4.66. The second-order valence-corrected chi connectivity index (χ2v) is 10.1. The number of ether oxygens (including phenoxy) is 4. The molecule has 0 aromatic heterocycles. The Morgan fingerprint density at radius 3 is 1.44 bits per heavy atom. The minimum Gasteiger partial charge on any atom is -0.464 e. The van der Waals surface area contributed by atoms with Crippen LogP contribution in [-0.2, 0) is 42.9 Å². The molecule has 36 heavy (non-hydrogen) atoms. The Labute approximate surface area is 246 Å². The summed E-state index contributed by atoms with van der Waals surface area (Å²) in [5.41, 5.74) is 0.652. The van der Waals surface area contributed by atoms with Crippen molar-refractivity contribution in [1.82, 2.24) is 0 Å². The Morgan fingerprint density at radius 1 is 0.694 bits per heavy atom. The van der Waals surface area contributed by atoms with Crippen LogP contribution in [0, 0.1) is 10.7 Å². The maximum absolute atomic E-state index is 13.2. The number of halogens is 3. The fraction of sp³-hybridized carbons (Fsp3) is 0.381. The van der Waals surface area contributed by atoms with Crippen molar-refractivity contribution in [2.45, 2.75) is 37.9 Å². The number of hydrogen-bond donors (Lipinski definition) is 1. The summed E-state index contributed by atoms with van der Waals surface area (Å²) in [5.74, 6) is -0.786. The van der Waals surface area contributed by atoms with E-state index < -0.39 is 23.8 Å². The summed E-state index contributed by atoms with van der Waals surface area (Å²) in [6.45, 7) is 0.308. The molecule has 2 unspecified atom stereocenters. The number of carbonyl (C=O) groups is 7. The molecule has 1 aromatic rings. The zero-order valence-corrected chi connectivity index (χ0v) is 24.9. The third-order valence-corrected chi connectivity index (χ3v) is 7.90. The fourth-order valence-electron chi connectivity index (χ4n) is 3.01. The molecule has 12 nitrogen and oxygen atoms in total. The number of hydrogen-bond acceptors (Lipinski definition) is 11. The molecule has 1 aromatic carbocycles. The van der Waals surface area contributed by atoms with Crippen LogP contribution in [-0.4, -0.2) is 69.3 Å². The van der Waals surface area contributed by atoms with Crippen molar-refractivity contribution in [2.75, 3.05) is 18.5 Å². The molecule has 0 heterocycles. The molecule has 0 saturated carbocycles. The van der Waals surface area contributed by atoms with E-state index in [0.29, 0.717) is 17.1 Å². The summed E-state index contributed by atoms with van der Waals surface area (Å²) >= 11 is 5.67. The molecule has 0 aliphatic rings. The average Bonchev–Trinajstić information content (AvgIpc) is 2.85. The highest BCUT2D eigenvalue weighted by Crippen LogP contribution is 2.37. The van der Waals surface area contributed by atoms with Crippen LogP contribution in [0.3, 0.4) is 0 Å². The second-order valence-electron chi connectivity index (χ2n) is 6.82. The van der Waals surface area contributed by atoms with E-state index in [-0.39, 0.29) is 81.6 Å². The summed E-state index contributed by atoms with van der Waals surface area (Å²) in [5, 5.41) is 2.52. The van der Waals surface area contributed by atoms with Gasteiger partial charge in [-0.2, -0.15) is 0 Å². The Morgan fingerprint density at radius 2 is 1.11 bits per heavy atom. The zero-order chi connectivity index (χ0) is 27.1. The van der Waals surface area contributed by atoms with Crippen LogP contribution in [0.4, 0.5) is 5.69 Å². The van der Waals surface area contributed by atoms with Gasteiger partial charge in [0, 0.05) is 34.7 Å². The van der Waals surface area contributed by atoms with Crippen LogP contribution in [0.25, 0.3) is 0 Å². The van der Waals surface area contributed by atoms with Crippen molar-refractivity contribution in [3.63, 3.8) is 0 Å². The predicted molar refractivity (Wildman–Crippen MR) is 147 cm³/mol. The van der Waals surface area contributed by atoms with Gasteiger partial charge in [0.15, 0.2) is 11.6 Å². The lowest BCUT2D eigenvalue weighted by atomic mass is 9.97. The Bertz CT molecular complexity index is 917. The molecule has 0 bridgehead atoms. The van der Waals surface area contributed by atoms with Crippen molar-refractivity contribution in [3.8, 4) is 0 Å². The molecular formula is C21H20I3NO11. The topological polar surface area (TPSA) is 168 Å². The minimum absolute atomic E-state index is 0.0464. The maximum Gasteiger partial charge on any atom is 0.293 e. The van der Waals surface area contributed by atoms with Crippen molar-refractivity contribution in [2.24, 2.45) is 0 Å². The highest BCUT2D eigenvalue weighted by atomic mass is 127. The minimum atomic E-state index is -0.840. The fourth-order valence-corrected chi connectivity index (χ4v) is 7.69. The van der Waals surface area contributed by atoms with E-state index in [1.807, 2.05) is 67.8 Å². The first kappa shape index (κ1) is 32.1. The number of carbonyl (C=O) groups excluding carboxylic acids is 7. The zero-order valence-electron chi connectivity index (χ0n) is 18.4. The molecule has 0 radical (unpaired) electrons. The van der Waals surface area contributed by atoms with Crippen LogP contribution in [0.1, 0.15) is 46.4 Å². The molecule has 196 valence electrons. The van der Waals surface area contributed by atoms with Gasteiger partial charge in [-0.3, -0.25) is 33.6 Å². The van der Waals surface area contributed by atoms with Gasteiger partial charge in [-0.15, -0.1) is 0 Å². The maximum atomic E-state index is 13.2. The summed E-state index contributed by atoms with van der Waals surface area (Å²) < 4.78 is 20.0. The number of rotatable bonds is 20. The molecule has 0 aliphatic heterocycles. The van der Waals surface area contributed by atoms with Crippen LogP contribution in [0.2, 0.25) is 0 Å². The van der Waals surface area contributed by atoms with Crippen LogP contribution < -0.4 is 5.32 Å². The first-order valence-corrected chi connectivity index (χ1v) is 13.3. The van der Waals surface area contributed by atoms with Gasteiger partial charge in [0.1, 0.15) is 25.4 Å². The van der Waals surface area contributed by atoms with E-state index in [4.69, 9.17) is 9.47 Å². The van der Waals surface area contributed by atoms with Crippen molar-refractivity contribution < 1.29 is 52.5 Å². The molecule has 1 amide bonds. The van der Waals surface area contributed by atoms with Crippen LogP contribution >= 0.6 is 67.8 Å². The van der Waals surface area contributed by atoms with E-state index in [9.17, 15) is 33.6 Å². The standard InChI is InChI=1S/C21H20I3NO11/c22-18-16(14(31)3-1-12(35-10-29)5-33-8-27)19(23)21(25-7-26)20(24)17(18)15(32)4-2-13(36-11-30)6-34-9-28/h7-13H,1-6H2,(H,25,26). The number of anilines is 1. The smallest absolute Gasteiger partial charge is 0.293 e. The molecule has 1 N–H and O–H groups in total. The highest BCUT2D eigenvalue weighted by molar-refractivity contribution is 14.1. The van der Waals surface area contributed by atoms with E-state index in [0.717, 1.165) is 0 Å². The third kappa shape index (κ3) is 9.52. The number of Topliss-reactive ketones (excluding diaryl/α,β-unsaturated/α-hetero) is 2. The quantitative estimate of drug-likeness (QED) is 0.0887. The molecule has 1 rings (SSSR count). The van der Waals surface area contributed by atoms with Gasteiger partial charge in [-0.05, 0) is 80.6 Å². The molecular weight excluding hydrogens is 823 g/mol. The highest BCUT2D eigenvalue weighted by Gasteiger charge is 2.28. The first-order chi connectivity index (χ1) is 17.3. The average molecular weight is 843 g/mol. The number of amides is 1. The summed E-state index contributed by atoms with van der Waals surface area (Å²) in [6.07, 6.45) is -1.39. The van der Waals surface area contributed by atoms with Crippen LogP contribution in [0.15, 0.2) is 0 Å². The molecule has 15 heteroatoms. The number of benzene rings is 1. The molecule has 0 spiro atoms. The van der Waals surface area contributed by atoms with Crippen LogP contribution in [0.5, 0.6) is 0 Å². The first-order valence-electron chi connectivity index (χ1n) is 10.0. The summed E-state index contributed by atoms with van der Waals surface area (Å²) in [7, 11) is 0. The molecule has 0 aliphatic carbocycles. The van der Waals surface area contributed by atoms with E-state index in [1.165, 1.54) is 0 Å². The van der Waals surface area contributed by atoms with Gasteiger partial charge in [-0.1, -0.05) is 0 Å². The lowest BCUT2D eigenvalue weighted by molar-refractivity contribution is -0.142. The number of nitrogens with one attached hydrogen (secondary N) is 1. The van der Waals surface area contributed by atoms with E-state index in [1.54, 1.807) is 0 Å². The Balaban J connectivity index is 3.30. The van der Waals surface area contributed by atoms with Gasteiger partial charge < -0.3 is 24.3 Å². The van der Waals surface area contributed by atoms with Crippen molar-refractivity contribution in [1.29, 1.82) is 0 Å². The monoisotopic (exact) mass is 843 g/mol. The van der Waals surface area contributed by atoms with Crippen molar-refractivity contribution in [3.05, 3.63) is 21.8 Å². The van der Waals surface area contributed by atoms with Gasteiger partial charge >= 0.3 is 0 Å². The second kappa shape index (κ2) is 17.5. The lowest BCUT2D eigenvalue weighted by Gasteiger charge is -2.19. The van der Waals surface area contributed by atoms with Crippen molar-refractivity contribution >= 4 is 117 Å². The SMILES string of the molecule is O=CNc1c(I)c(C(=O)CCC(COC=O)OC=O)c(I)c(C(=O)CCC(COC=O)OC=O)c1I. The molecule has 2 atom stereocenters. The summed E-state index contributed by atoms with van der Waals surface area (Å²) in [4.78, 5) is 79.8. The van der Waals surface area contributed by atoms with Gasteiger partial charge in [0.05, 0.1) is 5.69 Å². The Kier molecular flexibility index (Phi) is 15.7. The number of ketones is 2. The van der Waals surface area contributed by atoms with E-state index >= 15 is 0 Å². The summed E-state index contributed by atoms with van der Waals surface area (Å²) in [6, 6.07) is 0. The molecule has 0 fully saturated rings. The van der Waals surface area contributed by atoms with Gasteiger partial charge in [-0.25, -0.2) is 0 Å². The Hall–Kier alpha value is -1.90. The largest absolute Gasteiger partial charge is 0.464 e. The normalized spacial score (nSPS) is 11.9.